The maximum absolute atomic E-state index is 12.9. The third-order valence-electron chi connectivity index (χ3n) is 6.27. The second-order valence-electron chi connectivity index (χ2n) is 8.62. The molecule has 0 bridgehead atoms. The van der Waals surface area contributed by atoms with Gasteiger partial charge in [-0.25, -0.2) is 4.98 Å². The number of rotatable bonds is 8. The van der Waals surface area contributed by atoms with E-state index in [1.54, 1.807) is 23.4 Å². The van der Waals surface area contributed by atoms with Crippen LogP contribution >= 0.6 is 11.8 Å². The smallest absolute Gasteiger partial charge is 0.257 e. The van der Waals surface area contributed by atoms with Gasteiger partial charge in [0, 0.05) is 50.0 Å². The van der Waals surface area contributed by atoms with Gasteiger partial charge in [-0.1, -0.05) is 66.4 Å². The molecule has 1 aliphatic rings. The minimum atomic E-state index is 0.0226. The maximum Gasteiger partial charge on any atom is 0.257 e. The number of hydrogen-bond acceptors (Lipinski definition) is 4. The van der Waals surface area contributed by atoms with Gasteiger partial charge in [-0.15, -0.1) is 0 Å². The quantitative estimate of drug-likeness (QED) is 0.281. The normalized spacial score (nSPS) is 13.1. The van der Waals surface area contributed by atoms with Crippen molar-refractivity contribution in [1.82, 2.24) is 14.5 Å². The molecule has 0 fully saturated rings. The summed E-state index contributed by atoms with van der Waals surface area (Å²) < 4.78 is 1.66. The van der Waals surface area contributed by atoms with Gasteiger partial charge in [-0.05, 0) is 42.9 Å². The summed E-state index contributed by atoms with van der Waals surface area (Å²) in [4.78, 5) is 32.2. The summed E-state index contributed by atoms with van der Waals surface area (Å²) in [6.45, 7) is 3.45. The number of carbonyl (C=O) groups is 1. The van der Waals surface area contributed by atoms with Crippen LogP contribution in [0.15, 0.2) is 64.5 Å². The van der Waals surface area contributed by atoms with Gasteiger partial charge in [0.25, 0.3) is 5.56 Å². The van der Waals surface area contributed by atoms with Gasteiger partial charge in [-0.3, -0.25) is 14.2 Å². The van der Waals surface area contributed by atoms with E-state index in [9.17, 15) is 9.59 Å². The molecule has 2 heterocycles. The van der Waals surface area contributed by atoms with Crippen LogP contribution in [-0.4, -0.2) is 32.7 Å². The fraction of sp³-hybridized carbons (Fsp3) is 0.370. The zero-order chi connectivity index (χ0) is 23.2. The molecule has 0 N–H and O–H groups in total. The van der Waals surface area contributed by atoms with E-state index in [1.807, 2.05) is 48.2 Å². The highest BCUT2D eigenvalue weighted by Crippen LogP contribution is 2.21. The van der Waals surface area contributed by atoms with Crippen molar-refractivity contribution in [1.29, 1.82) is 0 Å². The number of fused-ring (bicyclic) bond motifs is 1. The molecule has 1 aliphatic heterocycles. The molecule has 0 radical (unpaired) electrons. The summed E-state index contributed by atoms with van der Waals surface area (Å²) in [5.74, 6) is 1.08. The molecular weight excluding hydrogens is 430 g/mol. The monoisotopic (exact) mass is 461 g/mol. The summed E-state index contributed by atoms with van der Waals surface area (Å²) in [5, 5.41) is 0.744. The first-order chi connectivity index (χ1) is 16.0. The van der Waals surface area contributed by atoms with Crippen LogP contribution in [0.2, 0.25) is 0 Å². The highest BCUT2D eigenvalue weighted by atomic mass is 32.2. The summed E-state index contributed by atoms with van der Waals surface area (Å²) in [6.07, 6.45) is 3.88. The van der Waals surface area contributed by atoms with E-state index in [0.29, 0.717) is 12.8 Å². The van der Waals surface area contributed by atoms with E-state index in [0.717, 1.165) is 60.1 Å². The van der Waals surface area contributed by atoms with Crippen molar-refractivity contribution in [2.75, 3.05) is 12.3 Å². The van der Waals surface area contributed by atoms with Gasteiger partial charge < -0.3 is 4.90 Å². The lowest BCUT2D eigenvalue weighted by atomic mass is 9.99. The van der Waals surface area contributed by atoms with Gasteiger partial charge in [0.1, 0.15) is 0 Å². The van der Waals surface area contributed by atoms with E-state index >= 15 is 0 Å². The number of aromatic nitrogens is 2. The first-order valence-electron chi connectivity index (χ1n) is 11.6. The lowest BCUT2D eigenvalue weighted by Gasteiger charge is -2.29. The maximum atomic E-state index is 12.9. The Kier molecular flexibility index (Phi) is 7.65. The number of benzene rings is 2. The summed E-state index contributed by atoms with van der Waals surface area (Å²) >= 11 is 1.60. The van der Waals surface area contributed by atoms with Crippen LogP contribution in [0.4, 0.5) is 0 Å². The SMILES string of the molecule is Cc1nc(SCCCCC(=O)N2CCc3ccccc3C2)n(C)c(=O)c1Cc1ccccc1. The third kappa shape index (κ3) is 5.74. The first-order valence-corrected chi connectivity index (χ1v) is 12.6. The first kappa shape index (κ1) is 23.3. The molecule has 0 spiro atoms. The summed E-state index contributed by atoms with van der Waals surface area (Å²) in [7, 11) is 1.79. The molecule has 2 aromatic carbocycles. The second-order valence-corrected chi connectivity index (χ2v) is 9.69. The number of hydrogen-bond donors (Lipinski definition) is 0. The van der Waals surface area contributed by atoms with E-state index in [2.05, 4.69) is 18.2 Å². The molecule has 33 heavy (non-hydrogen) atoms. The lowest BCUT2D eigenvalue weighted by Crippen LogP contribution is -2.35. The van der Waals surface area contributed by atoms with Crippen LogP contribution in [-0.2, 0) is 31.2 Å². The average Bonchev–Trinajstić information content (AvgIpc) is 2.84. The van der Waals surface area contributed by atoms with Crippen molar-refractivity contribution in [2.45, 2.75) is 50.7 Å². The minimum absolute atomic E-state index is 0.0226. The lowest BCUT2D eigenvalue weighted by molar-refractivity contribution is -0.132. The van der Waals surface area contributed by atoms with Crippen LogP contribution in [0, 0.1) is 6.92 Å². The van der Waals surface area contributed by atoms with Crippen molar-refractivity contribution in [3.8, 4) is 0 Å². The number of aryl methyl sites for hydroxylation is 1. The molecule has 5 nitrogen and oxygen atoms in total. The molecular formula is C27H31N3O2S. The van der Waals surface area contributed by atoms with Crippen LogP contribution in [0.1, 0.15) is 47.2 Å². The molecule has 0 aliphatic carbocycles. The van der Waals surface area contributed by atoms with Crippen LogP contribution < -0.4 is 5.56 Å². The number of nitrogens with zero attached hydrogens (tertiary/aromatic N) is 3. The Morgan fingerprint density at radius 1 is 1.03 bits per heavy atom. The standard InChI is InChI=1S/C27H31N3O2S/c1-20-24(18-21-10-4-3-5-11-21)26(32)29(2)27(28-20)33-17-9-8-14-25(31)30-16-15-22-12-6-7-13-23(22)19-30/h3-7,10-13H,8-9,14-19H2,1-2H3. The molecule has 3 aromatic rings. The topological polar surface area (TPSA) is 55.2 Å². The highest BCUT2D eigenvalue weighted by molar-refractivity contribution is 7.99. The van der Waals surface area contributed by atoms with Crippen LogP contribution in [0.3, 0.4) is 0 Å². The summed E-state index contributed by atoms with van der Waals surface area (Å²) in [5.41, 5.74) is 5.31. The Labute approximate surface area is 199 Å². The molecule has 1 aromatic heterocycles. The molecule has 0 atom stereocenters. The number of amides is 1. The van der Waals surface area contributed by atoms with Crippen molar-refractivity contribution < 1.29 is 4.79 Å². The second kappa shape index (κ2) is 10.8. The molecule has 0 saturated carbocycles. The fourth-order valence-corrected chi connectivity index (χ4v) is 5.28. The molecule has 0 saturated heterocycles. The predicted molar refractivity (Wildman–Crippen MR) is 134 cm³/mol. The molecule has 4 rings (SSSR count). The van der Waals surface area contributed by atoms with Gasteiger partial charge in [0.05, 0.1) is 0 Å². The Balaban J connectivity index is 1.26. The largest absolute Gasteiger partial charge is 0.338 e. The fourth-order valence-electron chi connectivity index (χ4n) is 4.27. The van der Waals surface area contributed by atoms with E-state index < -0.39 is 0 Å². The third-order valence-corrected chi connectivity index (χ3v) is 7.39. The average molecular weight is 462 g/mol. The summed E-state index contributed by atoms with van der Waals surface area (Å²) in [6, 6.07) is 18.4. The number of unbranched alkanes of at least 4 members (excludes halogenated alkanes) is 1. The van der Waals surface area contributed by atoms with Crippen molar-refractivity contribution in [2.24, 2.45) is 7.05 Å². The van der Waals surface area contributed by atoms with Gasteiger partial charge >= 0.3 is 0 Å². The molecule has 6 heteroatoms. The zero-order valence-corrected chi connectivity index (χ0v) is 20.2. The van der Waals surface area contributed by atoms with Crippen molar-refractivity contribution in [3.05, 3.63) is 92.9 Å². The minimum Gasteiger partial charge on any atom is -0.338 e. The van der Waals surface area contributed by atoms with E-state index in [1.165, 1.54) is 11.1 Å². The molecule has 0 unspecified atom stereocenters. The van der Waals surface area contributed by atoms with Gasteiger partial charge in [0.15, 0.2) is 5.16 Å². The number of carbonyl (C=O) groups excluding carboxylic acids is 1. The molecule has 172 valence electrons. The van der Waals surface area contributed by atoms with Crippen LogP contribution in [0.25, 0.3) is 0 Å². The predicted octanol–water partition coefficient (Wildman–Crippen LogP) is 4.53. The van der Waals surface area contributed by atoms with Crippen molar-refractivity contribution >= 4 is 17.7 Å². The highest BCUT2D eigenvalue weighted by Gasteiger charge is 2.20. The Hall–Kier alpha value is -2.86. The van der Waals surface area contributed by atoms with E-state index in [-0.39, 0.29) is 11.5 Å². The Morgan fingerprint density at radius 3 is 2.55 bits per heavy atom. The number of thioether (sulfide) groups is 1. The zero-order valence-electron chi connectivity index (χ0n) is 19.4. The van der Waals surface area contributed by atoms with Gasteiger partial charge in [-0.2, -0.15) is 0 Å². The van der Waals surface area contributed by atoms with Crippen LogP contribution in [0.5, 0.6) is 0 Å². The Morgan fingerprint density at radius 2 is 1.76 bits per heavy atom. The van der Waals surface area contributed by atoms with E-state index in [4.69, 9.17) is 4.98 Å². The molecule has 1 amide bonds. The van der Waals surface area contributed by atoms with Crippen molar-refractivity contribution in [3.63, 3.8) is 0 Å². The Bertz CT molecular complexity index is 1170. The van der Waals surface area contributed by atoms with Gasteiger partial charge in [0.2, 0.25) is 5.91 Å².